The summed E-state index contributed by atoms with van der Waals surface area (Å²) in [4.78, 5) is 15.3. The molecule has 4 rings (SSSR count). The van der Waals surface area contributed by atoms with Crippen molar-refractivity contribution >= 4 is 17.5 Å². The fourth-order valence-electron chi connectivity index (χ4n) is 4.37. The quantitative estimate of drug-likeness (QED) is 0.832. The number of nitrogens with zero attached hydrogens (tertiary/aromatic N) is 3. The number of carbonyl (C=O) groups is 1. The molecule has 1 aliphatic heterocycles. The van der Waals surface area contributed by atoms with Crippen LogP contribution < -0.4 is 0 Å². The van der Waals surface area contributed by atoms with Gasteiger partial charge in [-0.05, 0) is 43.7 Å². The van der Waals surface area contributed by atoms with Gasteiger partial charge in [0.1, 0.15) is 5.15 Å². The maximum absolute atomic E-state index is 13.3. The van der Waals surface area contributed by atoms with Crippen molar-refractivity contribution < 1.29 is 4.79 Å². The van der Waals surface area contributed by atoms with Gasteiger partial charge >= 0.3 is 0 Å². The Morgan fingerprint density at radius 3 is 2.83 bits per heavy atom. The highest BCUT2D eigenvalue weighted by molar-refractivity contribution is 6.30. The molecule has 1 aromatic heterocycles. The Hall–Kier alpha value is -1.81. The predicted molar refractivity (Wildman–Crippen MR) is 94.1 cm³/mol. The summed E-state index contributed by atoms with van der Waals surface area (Å²) in [7, 11) is 1.85. The number of hydrogen-bond donors (Lipinski definition) is 0. The summed E-state index contributed by atoms with van der Waals surface area (Å²) in [6.45, 7) is 2.79. The minimum absolute atomic E-state index is 0.00227. The van der Waals surface area contributed by atoms with Crippen LogP contribution in [0.3, 0.4) is 0 Å². The fourth-order valence-corrected chi connectivity index (χ4v) is 4.67. The van der Waals surface area contributed by atoms with Gasteiger partial charge in [0, 0.05) is 19.2 Å². The Morgan fingerprint density at radius 1 is 1.29 bits per heavy atom. The number of halogens is 1. The molecule has 1 aromatic carbocycles. The highest BCUT2D eigenvalue weighted by Crippen LogP contribution is 2.41. The van der Waals surface area contributed by atoms with E-state index in [1.165, 1.54) is 11.1 Å². The maximum atomic E-state index is 13.3. The van der Waals surface area contributed by atoms with Crippen molar-refractivity contribution in [3.05, 3.63) is 51.8 Å². The first-order valence-electron chi connectivity index (χ1n) is 8.65. The third-order valence-electron chi connectivity index (χ3n) is 5.50. The second kappa shape index (κ2) is 5.92. The van der Waals surface area contributed by atoms with Crippen LogP contribution >= 0.6 is 11.6 Å². The molecule has 0 saturated carbocycles. The molecule has 0 bridgehead atoms. The lowest BCUT2D eigenvalue weighted by Crippen LogP contribution is -2.34. The summed E-state index contributed by atoms with van der Waals surface area (Å²) >= 11 is 6.47. The van der Waals surface area contributed by atoms with Crippen molar-refractivity contribution in [2.45, 2.75) is 44.6 Å². The monoisotopic (exact) mass is 343 g/mol. The number of aryl methyl sites for hydroxylation is 3. The lowest BCUT2D eigenvalue weighted by atomic mass is 9.98. The van der Waals surface area contributed by atoms with Crippen LogP contribution in [0.15, 0.2) is 24.3 Å². The molecular weight excluding hydrogens is 322 g/mol. The van der Waals surface area contributed by atoms with E-state index in [2.05, 4.69) is 23.3 Å². The summed E-state index contributed by atoms with van der Waals surface area (Å²) in [6, 6.07) is 8.41. The molecule has 1 amide bonds. The van der Waals surface area contributed by atoms with Crippen LogP contribution in [0.1, 0.15) is 53.6 Å². The van der Waals surface area contributed by atoms with E-state index in [0.717, 1.165) is 43.5 Å². The molecule has 24 heavy (non-hydrogen) atoms. The topological polar surface area (TPSA) is 38.1 Å². The van der Waals surface area contributed by atoms with Gasteiger partial charge in [-0.15, -0.1) is 0 Å². The van der Waals surface area contributed by atoms with E-state index in [0.29, 0.717) is 5.15 Å². The molecule has 0 radical (unpaired) electrons. The van der Waals surface area contributed by atoms with Gasteiger partial charge in [-0.1, -0.05) is 35.9 Å². The van der Waals surface area contributed by atoms with Gasteiger partial charge in [0.15, 0.2) is 0 Å². The van der Waals surface area contributed by atoms with Crippen molar-refractivity contribution in [3.8, 4) is 0 Å². The second-order valence-corrected chi connectivity index (χ2v) is 7.25. The zero-order chi connectivity index (χ0) is 16.8. The molecule has 1 saturated heterocycles. The first-order chi connectivity index (χ1) is 11.6. The fraction of sp³-hybridized carbons (Fsp3) is 0.474. The number of likely N-dealkylation sites (tertiary alicyclic amines) is 1. The SMILES string of the molecule is Cc1nn(C)c(Cl)c1[C@@H]1CCCN1C(=O)[C@H]1CCc2ccccc21. The van der Waals surface area contributed by atoms with Crippen LogP contribution in [-0.2, 0) is 18.3 Å². The van der Waals surface area contributed by atoms with Crippen molar-refractivity contribution in [3.63, 3.8) is 0 Å². The molecule has 2 aliphatic rings. The summed E-state index contributed by atoms with van der Waals surface area (Å²) in [5, 5.41) is 5.09. The molecule has 5 heteroatoms. The second-order valence-electron chi connectivity index (χ2n) is 6.89. The van der Waals surface area contributed by atoms with E-state index < -0.39 is 0 Å². The number of fused-ring (bicyclic) bond motifs is 1. The van der Waals surface area contributed by atoms with Crippen molar-refractivity contribution in [2.24, 2.45) is 7.05 Å². The Bertz CT molecular complexity index is 798. The third kappa shape index (κ3) is 2.35. The molecule has 2 aromatic rings. The minimum atomic E-state index is -0.00227. The Balaban J connectivity index is 1.65. The average molecular weight is 344 g/mol. The van der Waals surface area contributed by atoms with Gasteiger partial charge in [0.05, 0.1) is 17.7 Å². The molecular formula is C19H22ClN3O. The van der Waals surface area contributed by atoms with E-state index in [1.54, 1.807) is 4.68 Å². The number of rotatable bonds is 2. The summed E-state index contributed by atoms with van der Waals surface area (Å²) in [6.07, 6.45) is 3.90. The van der Waals surface area contributed by atoms with Crippen LogP contribution in [0.25, 0.3) is 0 Å². The van der Waals surface area contributed by atoms with Gasteiger partial charge in [-0.3, -0.25) is 9.48 Å². The smallest absolute Gasteiger partial charge is 0.230 e. The number of amides is 1. The minimum Gasteiger partial charge on any atom is -0.335 e. The maximum Gasteiger partial charge on any atom is 0.230 e. The van der Waals surface area contributed by atoms with E-state index in [1.807, 2.05) is 24.9 Å². The van der Waals surface area contributed by atoms with Crippen molar-refractivity contribution in [1.29, 1.82) is 0 Å². The molecule has 2 heterocycles. The van der Waals surface area contributed by atoms with Crippen LogP contribution in [-0.4, -0.2) is 27.1 Å². The largest absolute Gasteiger partial charge is 0.335 e. The standard InChI is InChI=1S/C19H22ClN3O/c1-12-17(18(20)22(2)21-12)16-8-5-11-23(16)19(24)15-10-9-13-6-3-4-7-14(13)15/h3-4,6-7,15-16H,5,8-11H2,1-2H3/t15-,16-/m0/s1. The van der Waals surface area contributed by atoms with Gasteiger partial charge in [0.25, 0.3) is 0 Å². The normalized spacial score (nSPS) is 22.9. The highest BCUT2D eigenvalue weighted by atomic mass is 35.5. The number of aromatic nitrogens is 2. The molecule has 1 fully saturated rings. The molecule has 1 aliphatic carbocycles. The molecule has 4 nitrogen and oxygen atoms in total. The zero-order valence-corrected chi connectivity index (χ0v) is 14.9. The van der Waals surface area contributed by atoms with Gasteiger partial charge in [0.2, 0.25) is 5.91 Å². The van der Waals surface area contributed by atoms with Gasteiger partial charge in [-0.2, -0.15) is 5.10 Å². The van der Waals surface area contributed by atoms with E-state index in [9.17, 15) is 4.79 Å². The molecule has 0 N–H and O–H groups in total. The number of hydrogen-bond acceptors (Lipinski definition) is 2. The van der Waals surface area contributed by atoms with Crippen LogP contribution in [0.5, 0.6) is 0 Å². The highest BCUT2D eigenvalue weighted by Gasteiger charge is 2.39. The zero-order valence-electron chi connectivity index (χ0n) is 14.1. The third-order valence-corrected chi connectivity index (χ3v) is 5.94. The van der Waals surface area contributed by atoms with Crippen LogP contribution in [0.2, 0.25) is 5.15 Å². The lowest BCUT2D eigenvalue weighted by molar-refractivity contribution is -0.133. The van der Waals surface area contributed by atoms with Crippen molar-refractivity contribution in [2.75, 3.05) is 6.54 Å². The van der Waals surface area contributed by atoms with Crippen LogP contribution in [0, 0.1) is 6.92 Å². The predicted octanol–water partition coefficient (Wildman–Crippen LogP) is 3.78. The Labute approximate surface area is 147 Å². The van der Waals surface area contributed by atoms with E-state index in [-0.39, 0.29) is 17.9 Å². The molecule has 126 valence electrons. The summed E-state index contributed by atoms with van der Waals surface area (Å²) in [5.41, 5.74) is 4.49. The number of benzene rings is 1. The Kier molecular flexibility index (Phi) is 3.87. The Morgan fingerprint density at radius 2 is 2.08 bits per heavy atom. The molecule has 2 atom stereocenters. The van der Waals surface area contributed by atoms with Gasteiger partial charge < -0.3 is 4.90 Å². The lowest BCUT2D eigenvalue weighted by Gasteiger charge is -2.28. The van der Waals surface area contributed by atoms with Crippen LogP contribution in [0.4, 0.5) is 0 Å². The van der Waals surface area contributed by atoms with Gasteiger partial charge in [-0.25, -0.2) is 0 Å². The van der Waals surface area contributed by atoms with E-state index >= 15 is 0 Å². The molecule has 0 spiro atoms. The average Bonchev–Trinajstić information content (AvgIpc) is 3.26. The number of carbonyl (C=O) groups excluding carboxylic acids is 1. The molecule has 0 unspecified atom stereocenters. The summed E-state index contributed by atoms with van der Waals surface area (Å²) in [5.74, 6) is 0.249. The first-order valence-corrected chi connectivity index (χ1v) is 9.03. The van der Waals surface area contributed by atoms with E-state index in [4.69, 9.17) is 11.6 Å². The van der Waals surface area contributed by atoms with Crippen molar-refractivity contribution in [1.82, 2.24) is 14.7 Å². The summed E-state index contributed by atoms with van der Waals surface area (Å²) < 4.78 is 1.71. The first kappa shape index (κ1) is 15.7.